The maximum Gasteiger partial charge on any atom is 0.258 e. The van der Waals surface area contributed by atoms with Crippen molar-refractivity contribution in [1.82, 2.24) is 9.97 Å². The smallest absolute Gasteiger partial charge is 0.258 e. The predicted molar refractivity (Wildman–Crippen MR) is 104 cm³/mol. The molecule has 0 atom stereocenters. The SMILES string of the molecule is COc1ccc(OC)c(NC(=O)c2cnc(Nc3cccc(Cl)c3)nc2)c1. The van der Waals surface area contributed by atoms with Crippen molar-refractivity contribution in [2.75, 3.05) is 24.9 Å². The molecule has 0 aliphatic carbocycles. The Morgan fingerprint density at radius 3 is 2.48 bits per heavy atom. The Hall–Kier alpha value is -3.32. The van der Waals surface area contributed by atoms with Gasteiger partial charge in [-0.05, 0) is 30.3 Å². The number of methoxy groups -OCH3 is 2. The minimum absolute atomic E-state index is 0.302. The molecule has 2 N–H and O–H groups in total. The average molecular weight is 385 g/mol. The first-order valence-electron chi connectivity index (χ1n) is 7.97. The number of aromatic nitrogens is 2. The molecule has 3 aromatic rings. The third kappa shape index (κ3) is 4.65. The van der Waals surface area contributed by atoms with Gasteiger partial charge in [0.15, 0.2) is 0 Å². The number of nitrogens with one attached hydrogen (secondary N) is 2. The van der Waals surface area contributed by atoms with Crippen LogP contribution in [0, 0.1) is 0 Å². The van der Waals surface area contributed by atoms with Crippen LogP contribution in [0.5, 0.6) is 11.5 Å². The summed E-state index contributed by atoms with van der Waals surface area (Å²) in [6.07, 6.45) is 2.86. The van der Waals surface area contributed by atoms with E-state index < -0.39 is 0 Å². The third-order valence-electron chi connectivity index (χ3n) is 3.65. The van der Waals surface area contributed by atoms with Crippen LogP contribution in [-0.4, -0.2) is 30.1 Å². The molecule has 8 heteroatoms. The van der Waals surface area contributed by atoms with Crippen molar-refractivity contribution < 1.29 is 14.3 Å². The molecular weight excluding hydrogens is 368 g/mol. The average Bonchev–Trinajstić information content (AvgIpc) is 2.68. The first-order valence-corrected chi connectivity index (χ1v) is 8.35. The van der Waals surface area contributed by atoms with Crippen molar-refractivity contribution in [3.63, 3.8) is 0 Å². The summed E-state index contributed by atoms with van der Waals surface area (Å²) < 4.78 is 10.4. The van der Waals surface area contributed by atoms with Gasteiger partial charge in [-0.1, -0.05) is 17.7 Å². The molecule has 0 bridgehead atoms. The summed E-state index contributed by atoms with van der Waals surface area (Å²) in [6.45, 7) is 0. The van der Waals surface area contributed by atoms with Gasteiger partial charge >= 0.3 is 0 Å². The number of amides is 1. The van der Waals surface area contributed by atoms with E-state index in [2.05, 4.69) is 20.6 Å². The lowest BCUT2D eigenvalue weighted by Gasteiger charge is -2.12. The first kappa shape index (κ1) is 18.5. The minimum atomic E-state index is -0.365. The number of nitrogens with zero attached hydrogens (tertiary/aromatic N) is 2. The Morgan fingerprint density at radius 1 is 1.04 bits per heavy atom. The second kappa shape index (κ2) is 8.37. The molecule has 7 nitrogen and oxygen atoms in total. The molecule has 0 aliphatic rings. The van der Waals surface area contributed by atoms with Crippen LogP contribution in [0.15, 0.2) is 54.9 Å². The van der Waals surface area contributed by atoms with Crippen LogP contribution in [0.1, 0.15) is 10.4 Å². The van der Waals surface area contributed by atoms with Crippen molar-refractivity contribution in [3.05, 3.63) is 65.4 Å². The topological polar surface area (TPSA) is 85.4 Å². The van der Waals surface area contributed by atoms with E-state index in [0.29, 0.717) is 33.7 Å². The van der Waals surface area contributed by atoms with Crippen LogP contribution in [0.2, 0.25) is 5.02 Å². The molecule has 27 heavy (non-hydrogen) atoms. The van der Waals surface area contributed by atoms with E-state index in [0.717, 1.165) is 5.69 Å². The maximum atomic E-state index is 12.5. The fourth-order valence-corrected chi connectivity index (χ4v) is 2.50. The van der Waals surface area contributed by atoms with Gasteiger partial charge < -0.3 is 20.1 Å². The molecule has 3 rings (SSSR count). The highest BCUT2D eigenvalue weighted by Crippen LogP contribution is 2.29. The van der Waals surface area contributed by atoms with Crippen LogP contribution < -0.4 is 20.1 Å². The van der Waals surface area contributed by atoms with Crippen molar-refractivity contribution >= 4 is 34.8 Å². The van der Waals surface area contributed by atoms with E-state index in [1.807, 2.05) is 12.1 Å². The van der Waals surface area contributed by atoms with Gasteiger partial charge in [-0.25, -0.2) is 9.97 Å². The molecule has 1 aromatic heterocycles. The summed E-state index contributed by atoms with van der Waals surface area (Å²) in [4.78, 5) is 20.8. The van der Waals surface area contributed by atoms with Crippen molar-refractivity contribution in [3.8, 4) is 11.5 Å². The lowest BCUT2D eigenvalue weighted by molar-refractivity contribution is 0.102. The van der Waals surface area contributed by atoms with Gasteiger partial charge in [-0.15, -0.1) is 0 Å². The van der Waals surface area contributed by atoms with Gasteiger partial charge in [0.25, 0.3) is 5.91 Å². The van der Waals surface area contributed by atoms with Gasteiger partial charge in [0.05, 0.1) is 25.5 Å². The number of carbonyl (C=O) groups is 1. The number of rotatable bonds is 6. The third-order valence-corrected chi connectivity index (χ3v) is 3.88. The van der Waals surface area contributed by atoms with Crippen molar-refractivity contribution in [1.29, 1.82) is 0 Å². The second-order valence-corrected chi connectivity index (χ2v) is 5.89. The summed E-state index contributed by atoms with van der Waals surface area (Å²) >= 11 is 5.95. The van der Waals surface area contributed by atoms with E-state index >= 15 is 0 Å². The van der Waals surface area contributed by atoms with Gasteiger partial charge in [-0.2, -0.15) is 0 Å². The Bertz CT molecular complexity index is 948. The van der Waals surface area contributed by atoms with Crippen LogP contribution >= 0.6 is 11.6 Å². The molecule has 0 saturated carbocycles. The number of ether oxygens (including phenoxy) is 2. The molecule has 0 fully saturated rings. The van der Waals surface area contributed by atoms with Crippen LogP contribution in [0.25, 0.3) is 0 Å². The molecule has 0 spiro atoms. The Morgan fingerprint density at radius 2 is 1.81 bits per heavy atom. The number of hydrogen-bond donors (Lipinski definition) is 2. The second-order valence-electron chi connectivity index (χ2n) is 5.45. The van der Waals surface area contributed by atoms with E-state index in [1.54, 1.807) is 37.4 Å². The quantitative estimate of drug-likeness (QED) is 0.664. The summed E-state index contributed by atoms with van der Waals surface area (Å²) in [6, 6.07) is 12.3. The maximum absolute atomic E-state index is 12.5. The van der Waals surface area contributed by atoms with E-state index in [-0.39, 0.29) is 5.91 Å². The zero-order chi connectivity index (χ0) is 19.2. The van der Waals surface area contributed by atoms with Gasteiger partial charge in [-0.3, -0.25) is 4.79 Å². The molecule has 1 amide bonds. The normalized spacial score (nSPS) is 10.2. The summed E-state index contributed by atoms with van der Waals surface area (Å²) in [5.74, 6) is 1.11. The van der Waals surface area contributed by atoms with E-state index in [4.69, 9.17) is 21.1 Å². The molecular formula is C19H17ClN4O3. The van der Waals surface area contributed by atoms with E-state index in [9.17, 15) is 4.79 Å². The Labute approximate surface area is 161 Å². The molecule has 0 radical (unpaired) electrons. The van der Waals surface area contributed by atoms with Gasteiger partial charge in [0, 0.05) is 29.2 Å². The predicted octanol–water partition coefficient (Wildman–Crippen LogP) is 4.14. The monoisotopic (exact) mass is 384 g/mol. The Kier molecular flexibility index (Phi) is 5.73. The minimum Gasteiger partial charge on any atom is -0.497 e. The largest absolute Gasteiger partial charge is 0.497 e. The van der Waals surface area contributed by atoms with Gasteiger partial charge in [0.2, 0.25) is 5.95 Å². The highest BCUT2D eigenvalue weighted by Gasteiger charge is 2.12. The zero-order valence-electron chi connectivity index (χ0n) is 14.7. The molecule has 1 heterocycles. The highest BCUT2D eigenvalue weighted by atomic mass is 35.5. The first-order chi connectivity index (χ1) is 13.1. The van der Waals surface area contributed by atoms with Crippen LogP contribution in [0.3, 0.4) is 0 Å². The van der Waals surface area contributed by atoms with Crippen molar-refractivity contribution in [2.24, 2.45) is 0 Å². The standard InChI is InChI=1S/C19H17ClN4O3/c1-26-15-6-7-17(27-2)16(9-15)24-18(25)12-10-21-19(22-11-12)23-14-5-3-4-13(20)8-14/h3-11H,1-2H3,(H,24,25)(H,21,22,23). The number of hydrogen-bond acceptors (Lipinski definition) is 6. The molecule has 2 aromatic carbocycles. The summed E-state index contributed by atoms with van der Waals surface area (Å²) in [5, 5.41) is 6.39. The van der Waals surface area contributed by atoms with Crippen molar-refractivity contribution in [2.45, 2.75) is 0 Å². The molecule has 0 saturated heterocycles. The van der Waals surface area contributed by atoms with Crippen LogP contribution in [-0.2, 0) is 0 Å². The van der Waals surface area contributed by atoms with Crippen LogP contribution in [0.4, 0.5) is 17.3 Å². The van der Waals surface area contributed by atoms with Gasteiger partial charge in [0.1, 0.15) is 11.5 Å². The fraction of sp³-hybridized carbons (Fsp3) is 0.105. The summed E-state index contributed by atoms with van der Waals surface area (Å²) in [7, 11) is 3.07. The number of anilines is 3. The highest BCUT2D eigenvalue weighted by molar-refractivity contribution is 6.30. The fourth-order valence-electron chi connectivity index (χ4n) is 2.31. The molecule has 0 aliphatic heterocycles. The lowest BCUT2D eigenvalue weighted by atomic mass is 10.2. The number of halogens is 1. The lowest BCUT2D eigenvalue weighted by Crippen LogP contribution is -2.14. The molecule has 138 valence electrons. The zero-order valence-corrected chi connectivity index (χ0v) is 15.4. The number of benzene rings is 2. The molecule has 0 unspecified atom stereocenters. The summed E-state index contributed by atoms with van der Waals surface area (Å²) in [5.41, 5.74) is 1.54. The number of carbonyl (C=O) groups excluding carboxylic acids is 1. The van der Waals surface area contributed by atoms with E-state index in [1.165, 1.54) is 19.5 Å². The Balaban J connectivity index is 1.72.